The average molecular weight is 289 g/mol. The highest BCUT2D eigenvalue weighted by atomic mass is 16.4. The molecule has 1 fully saturated rings. The van der Waals surface area contributed by atoms with Crippen molar-refractivity contribution >= 4 is 5.91 Å². The van der Waals surface area contributed by atoms with Gasteiger partial charge in [0.2, 0.25) is 5.91 Å². The number of furan rings is 1. The quantitative estimate of drug-likeness (QED) is 0.930. The lowest BCUT2D eigenvalue weighted by Crippen LogP contribution is -2.43. The van der Waals surface area contributed by atoms with Crippen LogP contribution in [0.15, 0.2) is 27.2 Å². The summed E-state index contributed by atoms with van der Waals surface area (Å²) in [4.78, 5) is 18.5. The van der Waals surface area contributed by atoms with Crippen molar-refractivity contribution in [3.05, 3.63) is 29.9 Å². The number of aryl methyl sites for hydroxylation is 1. The Labute approximate surface area is 122 Å². The molecule has 0 spiro atoms. The minimum atomic E-state index is 0.0734. The maximum absolute atomic E-state index is 12.3. The van der Waals surface area contributed by atoms with E-state index in [0.717, 1.165) is 25.9 Å². The van der Waals surface area contributed by atoms with Crippen LogP contribution in [-0.2, 0) is 11.2 Å². The molecule has 0 radical (unpaired) electrons. The second kappa shape index (κ2) is 5.73. The van der Waals surface area contributed by atoms with Crippen LogP contribution in [-0.4, -0.2) is 34.9 Å². The van der Waals surface area contributed by atoms with Crippen LogP contribution in [0.3, 0.4) is 0 Å². The van der Waals surface area contributed by atoms with E-state index < -0.39 is 0 Å². The largest absolute Gasteiger partial charge is 0.459 e. The van der Waals surface area contributed by atoms with E-state index >= 15 is 0 Å². The van der Waals surface area contributed by atoms with Gasteiger partial charge in [0.25, 0.3) is 5.89 Å². The molecule has 0 aromatic carbocycles. The number of likely N-dealkylation sites (tertiary alicyclic amines) is 1. The van der Waals surface area contributed by atoms with Gasteiger partial charge in [-0.2, -0.15) is 0 Å². The summed E-state index contributed by atoms with van der Waals surface area (Å²) in [6.07, 6.45) is 3.55. The van der Waals surface area contributed by atoms with E-state index in [0.29, 0.717) is 23.1 Å². The zero-order valence-electron chi connectivity index (χ0n) is 12.0. The fourth-order valence-electron chi connectivity index (χ4n) is 2.50. The lowest BCUT2D eigenvalue weighted by molar-refractivity contribution is -0.131. The number of piperidine rings is 1. The molecule has 1 aliphatic rings. The zero-order valence-corrected chi connectivity index (χ0v) is 12.0. The lowest BCUT2D eigenvalue weighted by Gasteiger charge is -2.30. The molecule has 3 heterocycles. The molecule has 6 nitrogen and oxygen atoms in total. The molecule has 112 valence electrons. The van der Waals surface area contributed by atoms with Crippen LogP contribution < -0.4 is 5.73 Å². The number of rotatable bonds is 3. The fourth-order valence-corrected chi connectivity index (χ4v) is 2.50. The molecule has 0 aliphatic carbocycles. The first kappa shape index (κ1) is 13.9. The van der Waals surface area contributed by atoms with Crippen LogP contribution in [0.25, 0.3) is 11.7 Å². The molecule has 2 aromatic heterocycles. The Balaban J connectivity index is 1.69. The van der Waals surface area contributed by atoms with E-state index in [4.69, 9.17) is 14.6 Å². The van der Waals surface area contributed by atoms with E-state index in [-0.39, 0.29) is 18.4 Å². The number of hydrogen-bond acceptors (Lipinski definition) is 5. The van der Waals surface area contributed by atoms with Crippen molar-refractivity contribution < 1.29 is 13.6 Å². The van der Waals surface area contributed by atoms with Crippen molar-refractivity contribution in [3.63, 3.8) is 0 Å². The van der Waals surface area contributed by atoms with Crippen molar-refractivity contribution in [2.45, 2.75) is 32.2 Å². The molecule has 1 aliphatic heterocycles. The first-order valence-electron chi connectivity index (χ1n) is 7.17. The summed E-state index contributed by atoms with van der Waals surface area (Å²) in [6.45, 7) is 3.26. The van der Waals surface area contributed by atoms with Crippen molar-refractivity contribution in [1.82, 2.24) is 9.88 Å². The Morgan fingerprint density at radius 1 is 1.48 bits per heavy atom. The molecule has 2 aromatic rings. The Bertz CT molecular complexity index is 610. The number of oxazole rings is 1. The first-order valence-corrected chi connectivity index (χ1v) is 7.17. The Hall–Kier alpha value is -2.08. The summed E-state index contributed by atoms with van der Waals surface area (Å²) in [6, 6.07) is 3.77. The summed E-state index contributed by atoms with van der Waals surface area (Å²) in [5.41, 5.74) is 6.52. The number of amides is 1. The number of carbonyl (C=O) groups excluding carboxylic acids is 1. The number of aromatic nitrogens is 1. The normalized spacial score (nSPS) is 16.4. The zero-order chi connectivity index (χ0) is 14.8. The predicted octanol–water partition coefficient (Wildman–Crippen LogP) is 1.74. The van der Waals surface area contributed by atoms with Gasteiger partial charge in [-0.1, -0.05) is 0 Å². The van der Waals surface area contributed by atoms with E-state index in [1.54, 1.807) is 18.4 Å². The van der Waals surface area contributed by atoms with Crippen LogP contribution in [0.2, 0.25) is 0 Å². The third-order valence-corrected chi connectivity index (χ3v) is 3.84. The van der Waals surface area contributed by atoms with Crippen molar-refractivity contribution in [2.24, 2.45) is 5.73 Å². The number of nitrogens with zero attached hydrogens (tertiary/aromatic N) is 2. The summed E-state index contributed by atoms with van der Waals surface area (Å²) >= 11 is 0. The van der Waals surface area contributed by atoms with Crippen LogP contribution >= 0.6 is 0 Å². The van der Waals surface area contributed by atoms with Crippen molar-refractivity contribution in [1.29, 1.82) is 0 Å². The molecule has 1 saturated heterocycles. The maximum atomic E-state index is 12.3. The summed E-state index contributed by atoms with van der Waals surface area (Å²) in [5.74, 6) is 1.72. The van der Waals surface area contributed by atoms with Crippen molar-refractivity contribution in [2.75, 3.05) is 13.1 Å². The molecule has 0 saturated carbocycles. The van der Waals surface area contributed by atoms with Gasteiger partial charge in [0.05, 0.1) is 18.4 Å². The van der Waals surface area contributed by atoms with Crippen LogP contribution in [0, 0.1) is 6.92 Å². The highest BCUT2D eigenvalue weighted by Gasteiger charge is 2.23. The van der Waals surface area contributed by atoms with Gasteiger partial charge in [-0.05, 0) is 31.9 Å². The van der Waals surface area contributed by atoms with Crippen LogP contribution in [0.1, 0.15) is 24.3 Å². The molecule has 0 atom stereocenters. The van der Waals surface area contributed by atoms with Gasteiger partial charge < -0.3 is 19.5 Å². The molecular formula is C15H19N3O3. The molecule has 2 N–H and O–H groups in total. The summed E-state index contributed by atoms with van der Waals surface area (Å²) in [7, 11) is 0. The Kier molecular flexibility index (Phi) is 3.79. The molecular weight excluding hydrogens is 270 g/mol. The number of hydrogen-bond donors (Lipinski definition) is 1. The van der Waals surface area contributed by atoms with E-state index in [2.05, 4.69) is 4.98 Å². The molecule has 0 unspecified atom stereocenters. The molecule has 21 heavy (non-hydrogen) atoms. The van der Waals surface area contributed by atoms with Crippen LogP contribution in [0.4, 0.5) is 0 Å². The number of nitrogens with two attached hydrogens (primary N) is 1. The molecule has 6 heteroatoms. The van der Waals surface area contributed by atoms with Gasteiger partial charge in [0, 0.05) is 19.1 Å². The highest BCUT2D eigenvalue weighted by molar-refractivity contribution is 5.78. The minimum absolute atomic E-state index is 0.0734. The standard InChI is InChI=1S/C15H19N3O3/c1-10-12(17-15(21-10)13-3-2-8-20-13)9-14(19)18-6-4-11(16)5-7-18/h2-3,8,11H,4-7,9,16H2,1H3. The summed E-state index contributed by atoms with van der Waals surface area (Å²) in [5, 5.41) is 0. The van der Waals surface area contributed by atoms with Gasteiger partial charge in [-0.3, -0.25) is 4.79 Å². The van der Waals surface area contributed by atoms with E-state index in [9.17, 15) is 4.79 Å². The highest BCUT2D eigenvalue weighted by Crippen LogP contribution is 2.22. The lowest BCUT2D eigenvalue weighted by atomic mass is 10.1. The van der Waals surface area contributed by atoms with Crippen molar-refractivity contribution in [3.8, 4) is 11.7 Å². The Morgan fingerprint density at radius 3 is 2.90 bits per heavy atom. The third kappa shape index (κ3) is 3.00. The van der Waals surface area contributed by atoms with Crippen LogP contribution in [0.5, 0.6) is 0 Å². The van der Waals surface area contributed by atoms with Gasteiger partial charge >= 0.3 is 0 Å². The fraction of sp³-hybridized carbons (Fsp3) is 0.467. The second-order valence-corrected chi connectivity index (χ2v) is 5.39. The average Bonchev–Trinajstić information content (AvgIpc) is 3.10. The predicted molar refractivity (Wildman–Crippen MR) is 76.4 cm³/mol. The van der Waals surface area contributed by atoms with Gasteiger partial charge in [-0.25, -0.2) is 4.98 Å². The first-order chi connectivity index (χ1) is 10.1. The molecule has 3 rings (SSSR count). The SMILES string of the molecule is Cc1oc(-c2ccco2)nc1CC(=O)N1CCC(N)CC1. The van der Waals surface area contributed by atoms with Gasteiger partial charge in [0.1, 0.15) is 5.76 Å². The topological polar surface area (TPSA) is 85.5 Å². The van der Waals surface area contributed by atoms with E-state index in [1.165, 1.54) is 0 Å². The third-order valence-electron chi connectivity index (χ3n) is 3.84. The smallest absolute Gasteiger partial charge is 0.263 e. The molecule has 0 bridgehead atoms. The monoisotopic (exact) mass is 289 g/mol. The van der Waals surface area contributed by atoms with E-state index in [1.807, 2.05) is 11.8 Å². The Morgan fingerprint density at radius 2 is 2.24 bits per heavy atom. The molecule has 1 amide bonds. The summed E-state index contributed by atoms with van der Waals surface area (Å²) < 4.78 is 10.8. The van der Waals surface area contributed by atoms with Gasteiger partial charge in [0.15, 0.2) is 5.76 Å². The maximum Gasteiger partial charge on any atom is 0.263 e. The second-order valence-electron chi connectivity index (χ2n) is 5.39. The number of carbonyl (C=O) groups is 1. The minimum Gasteiger partial charge on any atom is -0.459 e. The van der Waals surface area contributed by atoms with Gasteiger partial charge in [-0.15, -0.1) is 0 Å².